The number of hydrogen-bond acceptors (Lipinski definition) is 8. The Morgan fingerprint density at radius 2 is 2.03 bits per heavy atom. The second-order valence-corrected chi connectivity index (χ2v) is 9.22. The first-order valence-electron chi connectivity index (χ1n) is 10.6. The number of nitrogens with zero attached hydrogens (tertiary/aromatic N) is 3. The van der Waals surface area contributed by atoms with Gasteiger partial charge in [-0.05, 0) is 53.4 Å². The number of anilines is 1. The van der Waals surface area contributed by atoms with Crippen molar-refractivity contribution in [3.05, 3.63) is 33.4 Å². The van der Waals surface area contributed by atoms with Gasteiger partial charge in [0.1, 0.15) is 6.04 Å². The molecule has 3 rings (SSSR count). The number of methoxy groups -OCH3 is 2. The maximum Gasteiger partial charge on any atom is 0.338 e. The molecule has 1 atom stereocenters. The van der Waals surface area contributed by atoms with Gasteiger partial charge in [-0.3, -0.25) is 0 Å². The zero-order valence-electron chi connectivity index (χ0n) is 19.0. The summed E-state index contributed by atoms with van der Waals surface area (Å²) in [6, 6.07) is 3.24. The summed E-state index contributed by atoms with van der Waals surface area (Å²) in [6.45, 7) is 6.40. The summed E-state index contributed by atoms with van der Waals surface area (Å²) < 4.78 is 19.1. The van der Waals surface area contributed by atoms with Gasteiger partial charge in [0.25, 0.3) is 0 Å². The summed E-state index contributed by atoms with van der Waals surface area (Å²) in [4.78, 5) is 17.8. The third kappa shape index (κ3) is 5.06. The minimum Gasteiger partial charge on any atom is -0.493 e. The number of aromatic nitrogens is 3. The summed E-state index contributed by atoms with van der Waals surface area (Å²) in [6.07, 6.45) is 2.77. The molecule has 1 aliphatic rings. The van der Waals surface area contributed by atoms with Crippen molar-refractivity contribution in [1.82, 2.24) is 14.8 Å². The van der Waals surface area contributed by atoms with Gasteiger partial charge in [-0.2, -0.15) is 4.98 Å². The first-order valence-corrected chi connectivity index (χ1v) is 12.4. The standard InChI is InChI=1S/C22H29BrN4O4S/c1-6-8-9-31-20(28)17-13(3)24-21-25-22(32-10-7-2)26-27(21)18(17)14-11-15(23)19(30-5)16(12-14)29-4/h11-12,18H,6-10H2,1-5H3,(H,24,25,26). The lowest BCUT2D eigenvalue weighted by Gasteiger charge is -2.28. The van der Waals surface area contributed by atoms with Crippen LogP contribution in [-0.4, -0.2) is 47.3 Å². The SMILES string of the molecule is CCCCOC(=O)C1=C(C)Nc2nc(SCCC)nn2C1c1cc(Br)c(OC)c(OC)c1. The molecule has 0 amide bonds. The van der Waals surface area contributed by atoms with E-state index in [1.54, 1.807) is 30.7 Å². The van der Waals surface area contributed by atoms with Crippen molar-refractivity contribution in [2.45, 2.75) is 51.2 Å². The van der Waals surface area contributed by atoms with Crippen LogP contribution in [0.25, 0.3) is 0 Å². The molecule has 1 aliphatic heterocycles. The van der Waals surface area contributed by atoms with E-state index in [1.807, 2.05) is 19.1 Å². The highest BCUT2D eigenvalue weighted by atomic mass is 79.9. The summed E-state index contributed by atoms with van der Waals surface area (Å²) in [5.74, 6) is 2.25. The third-order valence-electron chi connectivity index (χ3n) is 4.99. The van der Waals surface area contributed by atoms with Gasteiger partial charge in [-0.15, -0.1) is 5.10 Å². The predicted octanol–water partition coefficient (Wildman–Crippen LogP) is 5.19. The minimum absolute atomic E-state index is 0.371. The molecule has 10 heteroatoms. The Morgan fingerprint density at radius 3 is 2.69 bits per heavy atom. The highest BCUT2D eigenvalue weighted by Crippen LogP contribution is 2.43. The number of carbonyl (C=O) groups excluding carboxylic acids is 1. The number of nitrogens with one attached hydrogen (secondary N) is 1. The molecule has 0 spiro atoms. The van der Waals surface area contributed by atoms with Gasteiger partial charge in [0, 0.05) is 11.4 Å². The second-order valence-electron chi connectivity index (χ2n) is 7.30. The lowest BCUT2D eigenvalue weighted by molar-refractivity contribution is -0.139. The zero-order chi connectivity index (χ0) is 23.3. The fourth-order valence-corrected chi connectivity index (χ4v) is 4.75. The topological polar surface area (TPSA) is 87.5 Å². The van der Waals surface area contributed by atoms with Crippen molar-refractivity contribution in [1.29, 1.82) is 0 Å². The first-order chi connectivity index (χ1) is 15.4. The largest absolute Gasteiger partial charge is 0.493 e. The molecule has 1 unspecified atom stereocenters. The second kappa shape index (κ2) is 11.1. The number of benzene rings is 1. The van der Waals surface area contributed by atoms with Gasteiger partial charge in [0.2, 0.25) is 11.1 Å². The van der Waals surface area contributed by atoms with Crippen LogP contribution in [0.1, 0.15) is 51.6 Å². The number of carbonyl (C=O) groups is 1. The van der Waals surface area contributed by atoms with Crippen LogP contribution >= 0.6 is 27.7 Å². The Hall–Kier alpha value is -2.20. The smallest absolute Gasteiger partial charge is 0.338 e. The van der Waals surface area contributed by atoms with E-state index in [0.29, 0.717) is 45.0 Å². The molecule has 2 heterocycles. The van der Waals surface area contributed by atoms with E-state index < -0.39 is 6.04 Å². The Kier molecular flexibility index (Phi) is 8.47. The molecule has 8 nitrogen and oxygen atoms in total. The number of rotatable bonds is 10. The lowest BCUT2D eigenvalue weighted by atomic mass is 9.95. The fourth-order valence-electron chi connectivity index (χ4n) is 3.44. The third-order valence-corrected chi connectivity index (χ3v) is 6.62. The maximum atomic E-state index is 13.2. The maximum absolute atomic E-state index is 13.2. The molecule has 0 bridgehead atoms. The summed E-state index contributed by atoms with van der Waals surface area (Å²) in [5, 5.41) is 8.60. The van der Waals surface area contributed by atoms with Gasteiger partial charge in [0.15, 0.2) is 11.5 Å². The number of unbranched alkanes of at least 4 members (excludes halogenated alkanes) is 1. The van der Waals surface area contributed by atoms with E-state index in [-0.39, 0.29) is 5.97 Å². The molecular weight excluding hydrogens is 496 g/mol. The number of ether oxygens (including phenoxy) is 3. The van der Waals surface area contributed by atoms with Gasteiger partial charge in [-0.1, -0.05) is 32.0 Å². The monoisotopic (exact) mass is 524 g/mol. The lowest BCUT2D eigenvalue weighted by Crippen LogP contribution is -2.30. The van der Waals surface area contributed by atoms with Crippen molar-refractivity contribution >= 4 is 39.6 Å². The van der Waals surface area contributed by atoms with Crippen LogP contribution in [0.4, 0.5) is 5.95 Å². The molecule has 0 saturated heterocycles. The molecule has 1 aromatic heterocycles. The van der Waals surface area contributed by atoms with Crippen molar-refractivity contribution in [3.63, 3.8) is 0 Å². The number of halogens is 1. The quantitative estimate of drug-likeness (QED) is 0.258. The van der Waals surface area contributed by atoms with E-state index in [9.17, 15) is 4.79 Å². The van der Waals surface area contributed by atoms with Crippen LogP contribution in [0.5, 0.6) is 11.5 Å². The molecule has 174 valence electrons. The van der Waals surface area contributed by atoms with E-state index in [1.165, 1.54) is 0 Å². The summed E-state index contributed by atoms with van der Waals surface area (Å²) >= 11 is 5.15. The number of allylic oxidation sites excluding steroid dienone is 1. The highest BCUT2D eigenvalue weighted by Gasteiger charge is 2.36. The number of hydrogen-bond donors (Lipinski definition) is 1. The van der Waals surface area contributed by atoms with Gasteiger partial charge < -0.3 is 19.5 Å². The van der Waals surface area contributed by atoms with Crippen molar-refractivity contribution in [3.8, 4) is 11.5 Å². The van der Waals surface area contributed by atoms with Crippen LogP contribution in [0.3, 0.4) is 0 Å². The molecule has 0 saturated carbocycles. The zero-order valence-corrected chi connectivity index (χ0v) is 21.4. The summed E-state index contributed by atoms with van der Waals surface area (Å²) in [5.41, 5.74) is 1.98. The van der Waals surface area contributed by atoms with Crippen molar-refractivity contribution in [2.24, 2.45) is 0 Å². The average molecular weight is 525 g/mol. The molecule has 2 aromatic rings. The highest BCUT2D eigenvalue weighted by molar-refractivity contribution is 9.10. The molecule has 0 aliphatic carbocycles. The van der Waals surface area contributed by atoms with Crippen LogP contribution in [0, 0.1) is 0 Å². The van der Waals surface area contributed by atoms with Gasteiger partial charge in [0.05, 0.1) is 30.9 Å². The predicted molar refractivity (Wildman–Crippen MR) is 129 cm³/mol. The van der Waals surface area contributed by atoms with E-state index >= 15 is 0 Å². The molecular formula is C22H29BrN4O4S. The number of thioether (sulfide) groups is 1. The molecule has 1 N–H and O–H groups in total. The Balaban J connectivity index is 2.12. The Labute approximate surface area is 201 Å². The van der Waals surface area contributed by atoms with E-state index in [2.05, 4.69) is 40.1 Å². The van der Waals surface area contributed by atoms with Crippen LogP contribution in [-0.2, 0) is 9.53 Å². The summed E-state index contributed by atoms with van der Waals surface area (Å²) in [7, 11) is 3.16. The van der Waals surface area contributed by atoms with Crippen LogP contribution < -0.4 is 14.8 Å². The molecule has 32 heavy (non-hydrogen) atoms. The Bertz CT molecular complexity index is 1010. The molecule has 0 fully saturated rings. The molecule has 0 radical (unpaired) electrons. The minimum atomic E-state index is -0.528. The normalized spacial score (nSPS) is 15.2. The van der Waals surface area contributed by atoms with Gasteiger partial charge >= 0.3 is 5.97 Å². The molecule has 1 aromatic carbocycles. The number of esters is 1. The van der Waals surface area contributed by atoms with Crippen molar-refractivity contribution < 1.29 is 19.0 Å². The Morgan fingerprint density at radius 1 is 1.25 bits per heavy atom. The van der Waals surface area contributed by atoms with Crippen molar-refractivity contribution in [2.75, 3.05) is 31.9 Å². The average Bonchev–Trinajstić information content (AvgIpc) is 3.18. The fraction of sp³-hybridized carbons (Fsp3) is 0.500. The first kappa shape index (κ1) is 24.4. The van der Waals surface area contributed by atoms with Gasteiger partial charge in [-0.25, -0.2) is 9.48 Å². The van der Waals surface area contributed by atoms with Crippen LogP contribution in [0.2, 0.25) is 0 Å². The van der Waals surface area contributed by atoms with E-state index in [0.717, 1.165) is 30.6 Å². The van der Waals surface area contributed by atoms with E-state index in [4.69, 9.17) is 19.3 Å². The van der Waals surface area contributed by atoms with Crippen LogP contribution in [0.15, 0.2) is 33.0 Å². The number of fused-ring (bicyclic) bond motifs is 1.